The van der Waals surface area contributed by atoms with Crippen molar-refractivity contribution in [2.24, 2.45) is 16.9 Å². The van der Waals surface area contributed by atoms with Crippen molar-refractivity contribution in [2.45, 2.75) is 96.3 Å². The van der Waals surface area contributed by atoms with Gasteiger partial charge in [0.15, 0.2) is 0 Å². The van der Waals surface area contributed by atoms with Gasteiger partial charge < -0.3 is 11.5 Å². The predicted molar refractivity (Wildman–Crippen MR) is 90.1 cm³/mol. The van der Waals surface area contributed by atoms with Crippen LogP contribution in [0.15, 0.2) is 0 Å². The zero-order valence-corrected chi connectivity index (χ0v) is 14.1. The van der Waals surface area contributed by atoms with Crippen LogP contribution in [-0.4, -0.2) is 11.8 Å². The lowest BCUT2D eigenvalue weighted by atomic mass is 9.73. The Morgan fingerprint density at radius 1 is 0.727 bits per heavy atom. The van der Waals surface area contributed by atoms with E-state index in [9.17, 15) is 9.59 Å². The second-order valence-electron chi connectivity index (χ2n) is 7.00. The fraction of sp³-hybridized carbons (Fsp3) is 0.889. The number of amides is 2. The molecule has 0 heterocycles. The molecule has 0 bridgehead atoms. The van der Waals surface area contributed by atoms with Crippen LogP contribution in [-0.2, 0) is 9.59 Å². The molecule has 0 atom stereocenters. The van der Waals surface area contributed by atoms with Crippen LogP contribution < -0.4 is 11.5 Å². The molecule has 0 aliphatic heterocycles. The lowest BCUT2D eigenvalue weighted by Crippen LogP contribution is -2.37. The maximum absolute atomic E-state index is 12.1. The monoisotopic (exact) mass is 310 g/mol. The number of unbranched alkanes of at least 4 members (excludes halogenated alkanes) is 2. The van der Waals surface area contributed by atoms with E-state index < -0.39 is 0 Å². The first-order valence-corrected chi connectivity index (χ1v) is 9.15. The molecule has 0 aromatic carbocycles. The van der Waals surface area contributed by atoms with Gasteiger partial charge in [0.1, 0.15) is 0 Å². The van der Waals surface area contributed by atoms with Gasteiger partial charge in [-0.1, -0.05) is 64.2 Å². The zero-order valence-electron chi connectivity index (χ0n) is 14.1. The molecule has 1 aliphatic rings. The molecule has 0 aromatic rings. The Morgan fingerprint density at radius 3 is 1.68 bits per heavy atom. The summed E-state index contributed by atoms with van der Waals surface area (Å²) in [6.07, 6.45) is 15.9. The highest BCUT2D eigenvalue weighted by molar-refractivity contribution is 5.80. The normalized spacial score (nSPS) is 20.0. The van der Waals surface area contributed by atoms with Gasteiger partial charge in [0, 0.05) is 11.8 Å². The van der Waals surface area contributed by atoms with Gasteiger partial charge in [-0.05, 0) is 25.7 Å². The summed E-state index contributed by atoms with van der Waals surface area (Å²) in [5.74, 6) is -0.346. The highest BCUT2D eigenvalue weighted by atomic mass is 16.1. The van der Waals surface area contributed by atoms with E-state index in [0.717, 1.165) is 51.4 Å². The molecule has 4 N–H and O–H groups in total. The first-order chi connectivity index (χ1) is 10.6. The smallest absolute Gasteiger partial charge is 0.223 e. The molecule has 1 aliphatic carbocycles. The minimum atomic E-state index is -0.308. The van der Waals surface area contributed by atoms with Crippen LogP contribution in [0, 0.1) is 5.41 Å². The Bertz CT molecular complexity index is 330. The number of carbonyl (C=O) groups excluding carboxylic acids is 2. The van der Waals surface area contributed by atoms with Crippen LogP contribution in [0.1, 0.15) is 96.3 Å². The third-order valence-corrected chi connectivity index (χ3v) is 5.16. The van der Waals surface area contributed by atoms with Crippen LogP contribution >= 0.6 is 0 Å². The molecule has 1 rings (SSSR count). The van der Waals surface area contributed by atoms with E-state index in [1.807, 2.05) is 0 Å². The van der Waals surface area contributed by atoms with Crippen molar-refractivity contribution in [2.75, 3.05) is 0 Å². The highest BCUT2D eigenvalue weighted by Crippen LogP contribution is 2.37. The van der Waals surface area contributed by atoms with Gasteiger partial charge >= 0.3 is 0 Å². The number of rotatable bonds is 7. The maximum Gasteiger partial charge on any atom is 0.223 e. The van der Waals surface area contributed by atoms with Crippen molar-refractivity contribution in [1.29, 1.82) is 0 Å². The van der Waals surface area contributed by atoms with Crippen LogP contribution in [0.5, 0.6) is 0 Å². The van der Waals surface area contributed by atoms with Gasteiger partial charge in [-0.3, -0.25) is 9.59 Å². The van der Waals surface area contributed by atoms with Gasteiger partial charge in [-0.15, -0.1) is 0 Å². The summed E-state index contributed by atoms with van der Waals surface area (Å²) < 4.78 is 0. The lowest BCUT2D eigenvalue weighted by molar-refractivity contribution is -0.129. The Hall–Kier alpha value is -1.06. The Kier molecular flexibility index (Phi) is 9.17. The second kappa shape index (κ2) is 10.6. The molecule has 0 unspecified atom stereocenters. The number of primary amides is 2. The maximum atomic E-state index is 12.1. The number of hydrogen-bond donors (Lipinski definition) is 2. The van der Waals surface area contributed by atoms with Crippen LogP contribution in [0.4, 0.5) is 0 Å². The molecular weight excluding hydrogens is 276 g/mol. The molecular formula is C18H34N2O2. The second-order valence-corrected chi connectivity index (χ2v) is 7.00. The summed E-state index contributed by atoms with van der Waals surface area (Å²) in [7, 11) is 0. The van der Waals surface area contributed by atoms with Crippen molar-refractivity contribution in [3.05, 3.63) is 0 Å². The minimum absolute atomic E-state index is 0.110. The van der Waals surface area contributed by atoms with E-state index in [2.05, 4.69) is 0 Å². The molecule has 4 heteroatoms. The summed E-state index contributed by atoms with van der Waals surface area (Å²) >= 11 is 0. The summed E-state index contributed by atoms with van der Waals surface area (Å²) in [4.78, 5) is 22.9. The third kappa shape index (κ3) is 7.28. The van der Waals surface area contributed by atoms with Gasteiger partial charge in [-0.2, -0.15) is 0 Å². The summed E-state index contributed by atoms with van der Waals surface area (Å²) in [6.45, 7) is 0. The number of nitrogens with two attached hydrogens (primary N) is 2. The molecule has 0 saturated heterocycles. The fourth-order valence-electron chi connectivity index (χ4n) is 3.67. The first-order valence-electron chi connectivity index (χ1n) is 9.15. The van der Waals surface area contributed by atoms with Gasteiger partial charge in [0.2, 0.25) is 11.8 Å². The van der Waals surface area contributed by atoms with Gasteiger partial charge in [0.25, 0.3) is 0 Å². The Morgan fingerprint density at radius 2 is 1.23 bits per heavy atom. The molecule has 2 amide bonds. The fourth-order valence-corrected chi connectivity index (χ4v) is 3.67. The van der Waals surface area contributed by atoms with Gasteiger partial charge in [-0.25, -0.2) is 0 Å². The minimum Gasteiger partial charge on any atom is -0.370 e. The van der Waals surface area contributed by atoms with Crippen molar-refractivity contribution >= 4 is 11.8 Å². The number of carbonyl (C=O) groups is 2. The number of hydrogen-bond acceptors (Lipinski definition) is 2. The topological polar surface area (TPSA) is 86.2 Å². The summed E-state index contributed by atoms with van der Waals surface area (Å²) in [5, 5.41) is 0. The molecule has 4 nitrogen and oxygen atoms in total. The standard InChI is InChI=1S/C18H34N2O2/c19-16(21)12-8-7-11-15-18(17(20)22)13-9-5-3-1-2-4-6-10-14-18/h1-15H2,(H2,19,21)(H2,20,22). The van der Waals surface area contributed by atoms with E-state index in [-0.39, 0.29) is 17.2 Å². The molecule has 0 spiro atoms. The van der Waals surface area contributed by atoms with Crippen molar-refractivity contribution in [3.8, 4) is 0 Å². The van der Waals surface area contributed by atoms with E-state index in [1.165, 1.54) is 38.5 Å². The largest absolute Gasteiger partial charge is 0.370 e. The highest BCUT2D eigenvalue weighted by Gasteiger charge is 2.34. The van der Waals surface area contributed by atoms with Crippen molar-refractivity contribution < 1.29 is 9.59 Å². The van der Waals surface area contributed by atoms with Crippen LogP contribution in [0.2, 0.25) is 0 Å². The first kappa shape index (κ1) is 19.0. The molecule has 128 valence electrons. The molecule has 1 fully saturated rings. The van der Waals surface area contributed by atoms with Crippen LogP contribution in [0.3, 0.4) is 0 Å². The van der Waals surface area contributed by atoms with E-state index in [1.54, 1.807) is 0 Å². The van der Waals surface area contributed by atoms with Gasteiger partial charge in [0.05, 0.1) is 0 Å². The van der Waals surface area contributed by atoms with E-state index in [4.69, 9.17) is 11.5 Å². The average Bonchev–Trinajstić information content (AvgIpc) is 2.52. The summed E-state index contributed by atoms with van der Waals surface area (Å²) in [5.41, 5.74) is 10.7. The van der Waals surface area contributed by atoms with Crippen molar-refractivity contribution in [3.63, 3.8) is 0 Å². The van der Waals surface area contributed by atoms with E-state index >= 15 is 0 Å². The molecule has 0 aromatic heterocycles. The Labute approximate surface area is 135 Å². The zero-order chi connectivity index (χ0) is 16.3. The average molecular weight is 310 g/mol. The third-order valence-electron chi connectivity index (χ3n) is 5.16. The lowest BCUT2D eigenvalue weighted by Gasteiger charge is -2.31. The van der Waals surface area contributed by atoms with E-state index in [0.29, 0.717) is 6.42 Å². The van der Waals surface area contributed by atoms with Crippen molar-refractivity contribution in [1.82, 2.24) is 0 Å². The summed E-state index contributed by atoms with van der Waals surface area (Å²) in [6, 6.07) is 0. The predicted octanol–water partition coefficient (Wildman–Crippen LogP) is 3.81. The Balaban J connectivity index is 2.51. The quantitative estimate of drug-likeness (QED) is 0.700. The molecule has 22 heavy (non-hydrogen) atoms. The SMILES string of the molecule is NC(=O)CCCCCC1(C(N)=O)CCCCCCCCCC1. The molecule has 0 radical (unpaired) electrons. The van der Waals surface area contributed by atoms with Crippen LogP contribution in [0.25, 0.3) is 0 Å². The molecule has 1 saturated carbocycles.